The molecule has 0 aliphatic heterocycles. The van der Waals surface area contributed by atoms with Crippen molar-refractivity contribution in [3.05, 3.63) is 43.6 Å². The van der Waals surface area contributed by atoms with Gasteiger partial charge in [-0.3, -0.25) is 14.2 Å². The highest BCUT2D eigenvalue weighted by molar-refractivity contribution is 5.97. The lowest BCUT2D eigenvalue weighted by Gasteiger charge is -2.40. The Balaban J connectivity index is 1.47. The standard InChI is InChI=1S/C22H25N9O2/c1-5-18(32)31(4)15-6-16(7-15)33-21-19-17(13-8-24-29(2)11-13)10-23-20(19)27-22(28-21)26-14-9-25-30(3)12-14/h5,8-12,15-16H,1,6-7H2,2-4H3,(H2,23,26,27,28). The summed E-state index contributed by atoms with van der Waals surface area (Å²) in [6.07, 6.45) is 11.9. The normalized spacial score (nSPS) is 17.5. The zero-order valence-corrected chi connectivity index (χ0v) is 18.7. The van der Waals surface area contributed by atoms with Gasteiger partial charge < -0.3 is 19.9 Å². The zero-order chi connectivity index (χ0) is 23.1. The van der Waals surface area contributed by atoms with E-state index in [0.717, 1.165) is 35.0 Å². The molecule has 0 unspecified atom stereocenters. The average Bonchev–Trinajstić information content (AvgIpc) is 3.49. The number of carbonyl (C=O) groups is 1. The Labute approximate surface area is 190 Å². The molecule has 11 heteroatoms. The van der Waals surface area contributed by atoms with Gasteiger partial charge in [-0.05, 0) is 6.08 Å². The maximum atomic E-state index is 11.9. The molecule has 4 aromatic rings. The van der Waals surface area contributed by atoms with E-state index in [4.69, 9.17) is 4.74 Å². The molecule has 0 bridgehead atoms. The minimum atomic E-state index is -0.0877. The fourth-order valence-electron chi connectivity index (χ4n) is 3.98. The molecule has 2 N–H and O–H groups in total. The van der Waals surface area contributed by atoms with Gasteiger partial charge in [0, 0.05) is 69.7 Å². The fourth-order valence-corrected chi connectivity index (χ4v) is 3.98. The first-order valence-corrected chi connectivity index (χ1v) is 10.6. The topological polar surface area (TPSA) is 119 Å². The monoisotopic (exact) mass is 447 g/mol. The third kappa shape index (κ3) is 3.93. The summed E-state index contributed by atoms with van der Waals surface area (Å²) in [6.45, 7) is 3.56. The van der Waals surface area contributed by atoms with E-state index in [1.54, 1.807) is 33.7 Å². The van der Waals surface area contributed by atoms with E-state index in [1.165, 1.54) is 6.08 Å². The van der Waals surface area contributed by atoms with Crippen molar-refractivity contribution in [2.75, 3.05) is 12.4 Å². The van der Waals surface area contributed by atoms with E-state index < -0.39 is 0 Å². The molecular formula is C22H25N9O2. The van der Waals surface area contributed by atoms with E-state index in [-0.39, 0.29) is 18.1 Å². The molecule has 0 saturated heterocycles. The number of nitrogens with zero attached hydrogens (tertiary/aromatic N) is 7. The van der Waals surface area contributed by atoms with Crippen LogP contribution in [0.4, 0.5) is 11.6 Å². The Hall–Kier alpha value is -4.15. The van der Waals surface area contributed by atoms with Gasteiger partial charge in [0.25, 0.3) is 0 Å². The second-order valence-electron chi connectivity index (χ2n) is 8.23. The van der Waals surface area contributed by atoms with Gasteiger partial charge in [0.2, 0.25) is 17.7 Å². The first-order valence-electron chi connectivity index (χ1n) is 10.6. The van der Waals surface area contributed by atoms with Crippen molar-refractivity contribution in [1.29, 1.82) is 0 Å². The lowest BCUT2D eigenvalue weighted by Crippen LogP contribution is -2.49. The quantitative estimate of drug-likeness (QED) is 0.418. The maximum absolute atomic E-state index is 11.9. The Morgan fingerprint density at radius 1 is 1.24 bits per heavy atom. The first-order chi connectivity index (χ1) is 15.9. The molecule has 1 aliphatic rings. The zero-order valence-electron chi connectivity index (χ0n) is 18.7. The second-order valence-corrected chi connectivity index (χ2v) is 8.23. The van der Waals surface area contributed by atoms with Gasteiger partial charge in [-0.1, -0.05) is 6.58 Å². The average molecular weight is 448 g/mol. The summed E-state index contributed by atoms with van der Waals surface area (Å²) in [5.41, 5.74) is 3.28. The van der Waals surface area contributed by atoms with Crippen LogP contribution in [0, 0.1) is 0 Å². The molecule has 11 nitrogen and oxygen atoms in total. The second kappa shape index (κ2) is 8.08. The third-order valence-corrected chi connectivity index (χ3v) is 5.89. The number of amides is 1. The SMILES string of the molecule is C=CC(=O)N(C)C1CC(Oc2nc(Nc3cnn(C)c3)nc3[nH]cc(-c4cnn(C)c4)c23)C1. The summed E-state index contributed by atoms with van der Waals surface area (Å²) in [5.74, 6) is 0.794. The van der Waals surface area contributed by atoms with Gasteiger partial charge in [-0.15, -0.1) is 0 Å². The Morgan fingerprint density at radius 3 is 2.67 bits per heavy atom. The van der Waals surface area contributed by atoms with Crippen LogP contribution in [0.2, 0.25) is 0 Å². The lowest BCUT2D eigenvalue weighted by atomic mass is 9.88. The number of aromatic amines is 1. The predicted molar refractivity (Wildman–Crippen MR) is 123 cm³/mol. The fraction of sp³-hybridized carbons (Fsp3) is 0.318. The van der Waals surface area contributed by atoms with Gasteiger partial charge >= 0.3 is 0 Å². The van der Waals surface area contributed by atoms with Gasteiger partial charge in [0.1, 0.15) is 11.8 Å². The number of H-pyrrole nitrogens is 1. The molecule has 4 aromatic heterocycles. The van der Waals surface area contributed by atoms with Crippen molar-refractivity contribution in [3.63, 3.8) is 0 Å². The molecule has 1 amide bonds. The van der Waals surface area contributed by atoms with Gasteiger partial charge in [-0.2, -0.15) is 20.2 Å². The largest absolute Gasteiger partial charge is 0.474 e. The molecule has 0 radical (unpaired) electrons. The minimum absolute atomic E-state index is 0.0592. The number of anilines is 2. The van der Waals surface area contributed by atoms with Gasteiger partial charge in [-0.25, -0.2) is 0 Å². The smallest absolute Gasteiger partial charge is 0.245 e. The number of aryl methyl sites for hydroxylation is 2. The van der Waals surface area contributed by atoms with Crippen LogP contribution >= 0.6 is 0 Å². The van der Waals surface area contributed by atoms with Gasteiger partial charge in [0.15, 0.2) is 0 Å². The maximum Gasteiger partial charge on any atom is 0.245 e. The van der Waals surface area contributed by atoms with Crippen LogP contribution < -0.4 is 10.1 Å². The first kappa shape index (κ1) is 20.7. The number of likely N-dealkylation sites (N-methyl/N-ethyl adjacent to an activating group) is 1. The number of ether oxygens (including phenoxy) is 1. The van der Waals surface area contributed by atoms with E-state index >= 15 is 0 Å². The van der Waals surface area contributed by atoms with Crippen molar-refractivity contribution in [2.45, 2.75) is 25.0 Å². The van der Waals surface area contributed by atoms with Gasteiger partial charge in [0.05, 0.1) is 23.5 Å². The van der Waals surface area contributed by atoms with Crippen LogP contribution in [0.25, 0.3) is 22.2 Å². The van der Waals surface area contributed by atoms with Crippen LogP contribution in [-0.2, 0) is 18.9 Å². The molecule has 170 valence electrons. The number of aromatic nitrogens is 7. The Kier molecular flexibility index (Phi) is 5.08. The summed E-state index contributed by atoms with van der Waals surface area (Å²) in [4.78, 5) is 26.2. The Bertz CT molecular complexity index is 1330. The molecule has 1 fully saturated rings. The summed E-state index contributed by atoms with van der Waals surface area (Å²) >= 11 is 0. The summed E-state index contributed by atoms with van der Waals surface area (Å²) in [7, 11) is 5.50. The Morgan fingerprint density at radius 2 is 2.00 bits per heavy atom. The van der Waals surface area contributed by atoms with E-state index in [0.29, 0.717) is 17.5 Å². The van der Waals surface area contributed by atoms with Crippen molar-refractivity contribution in [3.8, 4) is 17.0 Å². The summed E-state index contributed by atoms with van der Waals surface area (Å²) in [5, 5.41) is 12.4. The number of hydrogen-bond acceptors (Lipinski definition) is 7. The van der Waals surface area contributed by atoms with E-state index in [9.17, 15) is 4.79 Å². The van der Waals surface area contributed by atoms with E-state index in [1.807, 2.05) is 32.7 Å². The van der Waals surface area contributed by atoms with Crippen molar-refractivity contribution in [2.24, 2.45) is 14.1 Å². The van der Waals surface area contributed by atoms with Crippen molar-refractivity contribution < 1.29 is 9.53 Å². The van der Waals surface area contributed by atoms with Crippen LogP contribution in [0.3, 0.4) is 0 Å². The highest BCUT2D eigenvalue weighted by Gasteiger charge is 2.36. The minimum Gasteiger partial charge on any atom is -0.474 e. The predicted octanol–water partition coefficient (Wildman–Crippen LogP) is 2.39. The molecule has 1 saturated carbocycles. The number of hydrogen-bond donors (Lipinski definition) is 2. The third-order valence-electron chi connectivity index (χ3n) is 5.89. The number of fused-ring (bicyclic) bond motifs is 1. The number of nitrogens with one attached hydrogen (secondary N) is 2. The highest BCUT2D eigenvalue weighted by atomic mass is 16.5. The summed E-state index contributed by atoms with van der Waals surface area (Å²) < 4.78 is 9.79. The van der Waals surface area contributed by atoms with E-state index in [2.05, 4.69) is 37.0 Å². The molecule has 0 atom stereocenters. The highest BCUT2D eigenvalue weighted by Crippen LogP contribution is 2.37. The summed E-state index contributed by atoms with van der Waals surface area (Å²) in [6, 6.07) is 0.120. The van der Waals surface area contributed by atoms with Crippen LogP contribution in [0.15, 0.2) is 43.6 Å². The molecule has 0 aromatic carbocycles. The van der Waals surface area contributed by atoms with Crippen molar-refractivity contribution in [1.82, 2.24) is 39.4 Å². The number of carbonyl (C=O) groups excluding carboxylic acids is 1. The van der Waals surface area contributed by atoms with Crippen LogP contribution in [0.5, 0.6) is 5.88 Å². The molecule has 5 rings (SSSR count). The molecule has 0 spiro atoms. The number of rotatable bonds is 7. The van der Waals surface area contributed by atoms with Crippen molar-refractivity contribution >= 4 is 28.6 Å². The molecular weight excluding hydrogens is 422 g/mol. The molecule has 33 heavy (non-hydrogen) atoms. The molecule has 1 aliphatic carbocycles. The van der Waals surface area contributed by atoms with Crippen LogP contribution in [0.1, 0.15) is 12.8 Å². The van der Waals surface area contributed by atoms with Crippen LogP contribution in [-0.4, -0.2) is 64.5 Å². The molecule has 4 heterocycles. The lowest BCUT2D eigenvalue weighted by molar-refractivity contribution is -0.130.